The summed E-state index contributed by atoms with van der Waals surface area (Å²) in [6.07, 6.45) is 0. The van der Waals surface area contributed by atoms with Crippen molar-refractivity contribution >= 4 is 17.5 Å². The first-order valence-electron chi connectivity index (χ1n) is 7.77. The van der Waals surface area contributed by atoms with Gasteiger partial charge in [-0.15, -0.1) is 0 Å². The van der Waals surface area contributed by atoms with Crippen molar-refractivity contribution in [2.24, 2.45) is 0 Å². The van der Waals surface area contributed by atoms with Crippen LogP contribution in [0.15, 0.2) is 42.5 Å². The number of esters is 1. The van der Waals surface area contributed by atoms with Gasteiger partial charge < -0.3 is 9.47 Å². The highest BCUT2D eigenvalue weighted by molar-refractivity contribution is 6.25. The molecule has 0 saturated heterocycles. The lowest BCUT2D eigenvalue weighted by Gasteiger charge is -2.13. The van der Waals surface area contributed by atoms with Crippen molar-refractivity contribution in [1.82, 2.24) is 0 Å². The third-order valence-corrected chi connectivity index (χ3v) is 3.60. The van der Waals surface area contributed by atoms with Crippen molar-refractivity contribution in [1.29, 1.82) is 0 Å². The van der Waals surface area contributed by atoms with Crippen LogP contribution in [0, 0.1) is 13.8 Å². The number of benzene rings is 2. The quantitative estimate of drug-likeness (QED) is 0.462. The third-order valence-electron chi connectivity index (χ3n) is 3.60. The Morgan fingerprint density at radius 1 is 1.12 bits per heavy atom. The molecule has 0 aromatic heterocycles. The molecule has 0 saturated carbocycles. The van der Waals surface area contributed by atoms with Crippen LogP contribution in [0.25, 0.3) is 5.57 Å². The molecule has 0 spiro atoms. The van der Waals surface area contributed by atoms with Crippen LogP contribution in [-0.4, -0.2) is 18.5 Å². The van der Waals surface area contributed by atoms with Gasteiger partial charge in [-0.05, 0) is 43.5 Å². The topological polar surface area (TPSA) is 52.6 Å². The highest BCUT2D eigenvalue weighted by Crippen LogP contribution is 2.23. The van der Waals surface area contributed by atoms with E-state index < -0.39 is 5.97 Å². The van der Waals surface area contributed by atoms with Crippen LogP contribution < -0.4 is 4.74 Å². The number of carbonyl (C=O) groups excluding carboxylic acids is 2. The summed E-state index contributed by atoms with van der Waals surface area (Å²) in [5.74, 6) is 1.80. The number of ether oxygens (including phenoxy) is 2. The van der Waals surface area contributed by atoms with E-state index >= 15 is 0 Å². The smallest absolute Gasteiger partial charge is 0.350 e. The van der Waals surface area contributed by atoms with E-state index in [1.54, 1.807) is 25.0 Å². The van der Waals surface area contributed by atoms with Gasteiger partial charge >= 0.3 is 5.97 Å². The van der Waals surface area contributed by atoms with Gasteiger partial charge in [0.2, 0.25) is 0 Å². The number of hydrogen-bond donors (Lipinski definition) is 0. The van der Waals surface area contributed by atoms with E-state index in [9.17, 15) is 9.59 Å². The SMILES string of the molecule is CCOC(=O)C(=C=O)c1ccccc1COc1cc(C)ccc1C. The molecule has 0 N–H and O–H groups in total. The predicted molar refractivity (Wildman–Crippen MR) is 92.4 cm³/mol. The van der Waals surface area contributed by atoms with Crippen molar-refractivity contribution in [3.63, 3.8) is 0 Å². The fourth-order valence-corrected chi connectivity index (χ4v) is 2.32. The van der Waals surface area contributed by atoms with Gasteiger partial charge in [0.15, 0.2) is 5.57 Å². The molecule has 24 heavy (non-hydrogen) atoms. The molecule has 0 bridgehead atoms. The van der Waals surface area contributed by atoms with E-state index in [-0.39, 0.29) is 18.8 Å². The Labute approximate surface area is 141 Å². The molecule has 0 fully saturated rings. The number of hydrogen-bond acceptors (Lipinski definition) is 4. The van der Waals surface area contributed by atoms with Gasteiger partial charge in [-0.1, -0.05) is 36.4 Å². The molecule has 0 aliphatic heterocycles. The highest BCUT2D eigenvalue weighted by Gasteiger charge is 2.18. The zero-order valence-corrected chi connectivity index (χ0v) is 14.1. The summed E-state index contributed by atoms with van der Waals surface area (Å²) in [4.78, 5) is 23.2. The predicted octanol–water partition coefficient (Wildman–Crippen LogP) is 3.66. The Hall–Kier alpha value is -2.84. The summed E-state index contributed by atoms with van der Waals surface area (Å²) in [6, 6.07) is 13.1. The van der Waals surface area contributed by atoms with E-state index in [4.69, 9.17) is 9.47 Å². The largest absolute Gasteiger partial charge is 0.489 e. The molecular formula is C20H20O4. The van der Waals surface area contributed by atoms with E-state index in [1.807, 2.05) is 44.2 Å². The van der Waals surface area contributed by atoms with Crippen LogP contribution >= 0.6 is 0 Å². The average molecular weight is 324 g/mol. The lowest BCUT2D eigenvalue weighted by Crippen LogP contribution is -2.10. The second kappa shape index (κ2) is 8.14. The second-order valence-electron chi connectivity index (χ2n) is 5.41. The third kappa shape index (κ3) is 4.12. The standard InChI is InChI=1S/C20H20O4/c1-4-23-20(22)18(12-21)17-8-6-5-7-16(17)13-24-19-11-14(2)9-10-15(19)3/h5-11H,4,13H2,1-3H3. The minimum atomic E-state index is -0.674. The van der Waals surface area contributed by atoms with Crippen molar-refractivity contribution in [3.8, 4) is 5.75 Å². The van der Waals surface area contributed by atoms with Crippen LogP contribution in [0.4, 0.5) is 0 Å². The molecular weight excluding hydrogens is 304 g/mol. The first-order chi connectivity index (χ1) is 11.6. The number of rotatable bonds is 6. The molecule has 0 aliphatic carbocycles. The van der Waals surface area contributed by atoms with E-state index in [0.717, 1.165) is 22.4 Å². The monoisotopic (exact) mass is 324 g/mol. The molecule has 0 aliphatic rings. The molecule has 0 amide bonds. The van der Waals surface area contributed by atoms with Gasteiger partial charge in [-0.3, -0.25) is 0 Å². The first kappa shape index (κ1) is 17.5. The summed E-state index contributed by atoms with van der Waals surface area (Å²) >= 11 is 0. The van der Waals surface area contributed by atoms with Gasteiger partial charge in [0.1, 0.15) is 18.3 Å². The Morgan fingerprint density at radius 2 is 1.88 bits per heavy atom. The molecule has 0 atom stereocenters. The normalized spacial score (nSPS) is 9.96. The molecule has 2 rings (SSSR count). The molecule has 0 radical (unpaired) electrons. The minimum Gasteiger partial charge on any atom is -0.489 e. The number of aryl methyl sites for hydroxylation is 2. The Balaban J connectivity index is 2.27. The van der Waals surface area contributed by atoms with Crippen LogP contribution in [0.5, 0.6) is 5.75 Å². The average Bonchev–Trinajstić information content (AvgIpc) is 2.57. The maximum atomic E-state index is 11.9. The lowest BCUT2D eigenvalue weighted by molar-refractivity contribution is -0.135. The molecule has 4 nitrogen and oxygen atoms in total. The fourth-order valence-electron chi connectivity index (χ4n) is 2.32. The van der Waals surface area contributed by atoms with E-state index in [2.05, 4.69) is 0 Å². The van der Waals surface area contributed by atoms with Gasteiger partial charge in [0, 0.05) is 5.56 Å². The molecule has 124 valence electrons. The maximum Gasteiger partial charge on any atom is 0.350 e. The summed E-state index contributed by atoms with van der Waals surface area (Å²) in [5, 5.41) is 0. The Bertz CT molecular complexity index is 786. The van der Waals surface area contributed by atoms with Crippen LogP contribution in [-0.2, 0) is 20.9 Å². The summed E-state index contributed by atoms with van der Waals surface area (Å²) in [5.41, 5.74) is 3.22. The van der Waals surface area contributed by atoms with E-state index in [1.165, 1.54) is 0 Å². The lowest BCUT2D eigenvalue weighted by atomic mass is 10.0. The zero-order chi connectivity index (χ0) is 17.5. The number of carbonyl (C=O) groups is 1. The second-order valence-corrected chi connectivity index (χ2v) is 5.41. The summed E-state index contributed by atoms with van der Waals surface area (Å²) < 4.78 is 10.8. The molecule has 2 aromatic rings. The molecule has 0 heterocycles. The van der Waals surface area contributed by atoms with E-state index in [0.29, 0.717) is 5.56 Å². The molecule has 2 aromatic carbocycles. The van der Waals surface area contributed by atoms with Gasteiger partial charge in [0.05, 0.1) is 6.61 Å². The Kier molecular flexibility index (Phi) is 5.94. The fraction of sp³-hybridized carbons (Fsp3) is 0.250. The minimum absolute atomic E-state index is 0.114. The molecule has 4 heteroatoms. The van der Waals surface area contributed by atoms with Crippen molar-refractivity contribution in [2.75, 3.05) is 6.61 Å². The van der Waals surface area contributed by atoms with Crippen molar-refractivity contribution in [3.05, 3.63) is 64.7 Å². The highest BCUT2D eigenvalue weighted by atomic mass is 16.5. The van der Waals surface area contributed by atoms with Gasteiger partial charge in [-0.2, -0.15) is 0 Å². The maximum absolute atomic E-state index is 11.9. The van der Waals surface area contributed by atoms with Crippen LogP contribution in [0.2, 0.25) is 0 Å². The summed E-state index contributed by atoms with van der Waals surface area (Å²) in [6.45, 7) is 6.09. The van der Waals surface area contributed by atoms with Crippen molar-refractivity contribution in [2.45, 2.75) is 27.4 Å². The molecule has 0 unspecified atom stereocenters. The van der Waals surface area contributed by atoms with Crippen LogP contribution in [0.1, 0.15) is 29.2 Å². The van der Waals surface area contributed by atoms with Gasteiger partial charge in [0.25, 0.3) is 0 Å². The van der Waals surface area contributed by atoms with Crippen molar-refractivity contribution < 1.29 is 19.1 Å². The Morgan fingerprint density at radius 3 is 2.58 bits per heavy atom. The zero-order valence-electron chi connectivity index (χ0n) is 14.1. The van der Waals surface area contributed by atoms with Crippen LogP contribution in [0.3, 0.4) is 0 Å². The van der Waals surface area contributed by atoms with Gasteiger partial charge in [-0.25, -0.2) is 9.59 Å². The summed E-state index contributed by atoms with van der Waals surface area (Å²) in [7, 11) is 0. The first-order valence-corrected chi connectivity index (χ1v) is 7.77.